The molecule has 0 saturated carbocycles. The average molecular weight is 265 g/mol. The molecular weight excluding hydrogens is 250 g/mol. The number of nitrogen functional groups attached to an aromatic ring is 1. The molecule has 2 aromatic rings. The van der Waals surface area contributed by atoms with Gasteiger partial charge < -0.3 is 10.5 Å². The highest BCUT2D eigenvalue weighted by atomic mass is 32.1. The minimum Gasteiger partial charge on any atom is -0.461 e. The van der Waals surface area contributed by atoms with Gasteiger partial charge in [0.25, 0.3) is 0 Å². The third-order valence-electron chi connectivity index (χ3n) is 2.67. The van der Waals surface area contributed by atoms with E-state index < -0.39 is 0 Å². The first-order chi connectivity index (χ1) is 8.58. The number of anilines is 1. The van der Waals surface area contributed by atoms with Crippen LogP contribution in [0.4, 0.5) is 5.69 Å². The number of nitrogens with zero attached hydrogens (tertiary/aromatic N) is 2. The quantitative estimate of drug-likeness (QED) is 0.855. The number of aromatic nitrogens is 2. The minimum absolute atomic E-state index is 0.318. The molecule has 2 heterocycles. The van der Waals surface area contributed by atoms with Gasteiger partial charge in [0.1, 0.15) is 4.88 Å². The van der Waals surface area contributed by atoms with Gasteiger partial charge >= 0.3 is 5.97 Å². The molecule has 0 atom stereocenters. The van der Waals surface area contributed by atoms with Crippen LogP contribution in [0.15, 0.2) is 18.3 Å². The molecule has 2 N–H and O–H groups in total. The van der Waals surface area contributed by atoms with Crippen LogP contribution in [0.25, 0.3) is 0 Å². The van der Waals surface area contributed by atoms with Crippen LogP contribution >= 0.6 is 11.3 Å². The molecule has 2 aromatic heterocycles. The number of nitrogens with two attached hydrogens (primary N) is 1. The largest absolute Gasteiger partial charge is 0.461 e. The van der Waals surface area contributed by atoms with Gasteiger partial charge in [0.15, 0.2) is 0 Å². The lowest BCUT2D eigenvalue weighted by Crippen LogP contribution is -2.08. The SMILES string of the molecule is Cc1sc(C(=O)OCCc2ccnn2C)cc1N. The van der Waals surface area contributed by atoms with Crippen molar-refractivity contribution in [2.45, 2.75) is 13.3 Å². The van der Waals surface area contributed by atoms with Crippen molar-refractivity contribution in [3.8, 4) is 0 Å². The van der Waals surface area contributed by atoms with Gasteiger partial charge in [-0.2, -0.15) is 5.10 Å². The zero-order chi connectivity index (χ0) is 13.1. The van der Waals surface area contributed by atoms with Crippen molar-refractivity contribution in [3.05, 3.63) is 33.8 Å². The highest BCUT2D eigenvalue weighted by Gasteiger charge is 2.12. The summed E-state index contributed by atoms with van der Waals surface area (Å²) in [5.74, 6) is -0.318. The fourth-order valence-electron chi connectivity index (χ4n) is 1.56. The molecule has 0 aliphatic rings. The lowest BCUT2D eigenvalue weighted by molar-refractivity contribution is 0.0513. The molecular formula is C12H15N3O2S. The highest BCUT2D eigenvalue weighted by molar-refractivity contribution is 7.14. The predicted molar refractivity (Wildman–Crippen MR) is 70.7 cm³/mol. The van der Waals surface area contributed by atoms with E-state index in [0.29, 0.717) is 23.6 Å². The summed E-state index contributed by atoms with van der Waals surface area (Å²) in [6.45, 7) is 2.22. The zero-order valence-corrected chi connectivity index (χ0v) is 11.2. The first-order valence-corrected chi connectivity index (χ1v) is 6.39. The number of esters is 1. The van der Waals surface area contributed by atoms with E-state index in [-0.39, 0.29) is 5.97 Å². The van der Waals surface area contributed by atoms with Crippen LogP contribution in [0.2, 0.25) is 0 Å². The van der Waals surface area contributed by atoms with E-state index in [9.17, 15) is 4.79 Å². The fourth-order valence-corrected chi connectivity index (χ4v) is 2.40. The van der Waals surface area contributed by atoms with Crippen molar-refractivity contribution >= 4 is 23.0 Å². The molecule has 0 radical (unpaired) electrons. The standard InChI is InChI=1S/C12H15N3O2S/c1-8-10(13)7-11(18-8)12(16)17-6-4-9-3-5-14-15(9)2/h3,5,7H,4,6,13H2,1-2H3. The summed E-state index contributed by atoms with van der Waals surface area (Å²) in [7, 11) is 1.86. The molecule has 2 rings (SSSR count). The Kier molecular flexibility index (Phi) is 3.66. The summed E-state index contributed by atoms with van der Waals surface area (Å²) < 4.78 is 6.96. The van der Waals surface area contributed by atoms with Crippen LogP contribution < -0.4 is 5.73 Å². The maximum atomic E-state index is 11.7. The summed E-state index contributed by atoms with van der Waals surface area (Å²) in [4.78, 5) is 13.2. The Hall–Kier alpha value is -1.82. The molecule has 0 aliphatic carbocycles. The second-order valence-corrected chi connectivity index (χ2v) is 5.21. The number of carbonyl (C=O) groups excluding carboxylic acids is 1. The van der Waals surface area contributed by atoms with Crippen molar-refractivity contribution in [2.75, 3.05) is 12.3 Å². The van der Waals surface area contributed by atoms with Gasteiger partial charge in [0.05, 0.1) is 6.61 Å². The van der Waals surface area contributed by atoms with E-state index in [0.717, 1.165) is 10.6 Å². The highest BCUT2D eigenvalue weighted by Crippen LogP contribution is 2.23. The maximum absolute atomic E-state index is 11.7. The average Bonchev–Trinajstić information content (AvgIpc) is 2.87. The van der Waals surface area contributed by atoms with Gasteiger partial charge in [-0.25, -0.2) is 4.79 Å². The molecule has 0 saturated heterocycles. The predicted octanol–water partition coefficient (Wildman–Crippen LogP) is 1.77. The van der Waals surface area contributed by atoms with E-state index >= 15 is 0 Å². The molecule has 18 heavy (non-hydrogen) atoms. The van der Waals surface area contributed by atoms with Gasteiger partial charge in [0.2, 0.25) is 0 Å². The minimum atomic E-state index is -0.318. The van der Waals surface area contributed by atoms with Gasteiger partial charge in [-0.1, -0.05) is 0 Å². The van der Waals surface area contributed by atoms with Crippen molar-refractivity contribution in [3.63, 3.8) is 0 Å². The summed E-state index contributed by atoms with van der Waals surface area (Å²) in [5.41, 5.74) is 7.36. The van der Waals surface area contributed by atoms with Gasteiger partial charge in [-0.05, 0) is 19.1 Å². The van der Waals surface area contributed by atoms with Gasteiger partial charge in [-0.3, -0.25) is 4.68 Å². The normalized spacial score (nSPS) is 10.6. The number of hydrogen-bond acceptors (Lipinski definition) is 5. The van der Waals surface area contributed by atoms with Gasteiger partial charge in [-0.15, -0.1) is 11.3 Å². The Balaban J connectivity index is 1.87. The Morgan fingerprint density at radius 2 is 2.39 bits per heavy atom. The Morgan fingerprint density at radius 1 is 1.61 bits per heavy atom. The van der Waals surface area contributed by atoms with E-state index in [2.05, 4.69) is 5.10 Å². The van der Waals surface area contributed by atoms with Crippen LogP contribution in [-0.2, 0) is 18.2 Å². The third-order valence-corrected chi connectivity index (χ3v) is 3.72. The molecule has 0 aromatic carbocycles. The Bertz CT molecular complexity index is 540. The van der Waals surface area contributed by atoms with E-state index in [1.807, 2.05) is 20.0 Å². The molecule has 96 valence electrons. The van der Waals surface area contributed by atoms with Crippen LogP contribution in [0.5, 0.6) is 0 Å². The van der Waals surface area contributed by atoms with E-state index in [4.69, 9.17) is 10.5 Å². The van der Waals surface area contributed by atoms with Gasteiger partial charge in [0, 0.05) is 35.9 Å². The lowest BCUT2D eigenvalue weighted by Gasteiger charge is -2.03. The molecule has 6 heteroatoms. The summed E-state index contributed by atoms with van der Waals surface area (Å²) in [6.07, 6.45) is 2.38. The number of aryl methyl sites for hydroxylation is 2. The first-order valence-electron chi connectivity index (χ1n) is 5.58. The zero-order valence-electron chi connectivity index (χ0n) is 10.3. The second kappa shape index (κ2) is 5.22. The summed E-state index contributed by atoms with van der Waals surface area (Å²) in [6, 6.07) is 3.56. The molecule has 0 fully saturated rings. The first kappa shape index (κ1) is 12.6. The Labute approximate surface area is 109 Å². The number of rotatable bonds is 4. The van der Waals surface area contributed by atoms with Crippen molar-refractivity contribution < 1.29 is 9.53 Å². The van der Waals surface area contributed by atoms with E-state index in [1.54, 1.807) is 16.9 Å². The topological polar surface area (TPSA) is 70.1 Å². The maximum Gasteiger partial charge on any atom is 0.348 e. The molecule has 0 spiro atoms. The second-order valence-electron chi connectivity index (χ2n) is 3.95. The summed E-state index contributed by atoms with van der Waals surface area (Å²) >= 11 is 1.36. The van der Waals surface area contributed by atoms with Crippen LogP contribution in [0, 0.1) is 6.92 Å². The molecule has 0 bridgehead atoms. The monoisotopic (exact) mass is 265 g/mol. The number of thiophene rings is 1. The summed E-state index contributed by atoms with van der Waals surface area (Å²) in [5, 5.41) is 4.05. The number of ether oxygens (including phenoxy) is 1. The van der Waals surface area contributed by atoms with Crippen molar-refractivity contribution in [1.29, 1.82) is 0 Å². The number of carbonyl (C=O) groups is 1. The van der Waals surface area contributed by atoms with Crippen LogP contribution in [-0.4, -0.2) is 22.4 Å². The molecule has 0 aliphatic heterocycles. The Morgan fingerprint density at radius 3 is 2.94 bits per heavy atom. The molecule has 0 amide bonds. The van der Waals surface area contributed by atoms with Crippen LogP contribution in [0.1, 0.15) is 20.2 Å². The van der Waals surface area contributed by atoms with Crippen molar-refractivity contribution in [1.82, 2.24) is 9.78 Å². The van der Waals surface area contributed by atoms with Crippen molar-refractivity contribution in [2.24, 2.45) is 7.05 Å². The lowest BCUT2D eigenvalue weighted by atomic mass is 10.3. The van der Waals surface area contributed by atoms with Crippen LogP contribution in [0.3, 0.4) is 0 Å². The molecule has 0 unspecified atom stereocenters. The third kappa shape index (κ3) is 2.70. The number of hydrogen-bond donors (Lipinski definition) is 1. The fraction of sp³-hybridized carbons (Fsp3) is 0.333. The smallest absolute Gasteiger partial charge is 0.348 e. The van der Waals surface area contributed by atoms with E-state index in [1.165, 1.54) is 11.3 Å². The molecule has 5 nitrogen and oxygen atoms in total.